The molecule has 0 aromatic carbocycles. The third kappa shape index (κ3) is 0.426. The second-order valence-corrected chi connectivity index (χ2v) is 1.71. The maximum absolute atomic E-state index is 8.92. The molecule has 0 aliphatic rings. The van der Waals surface area contributed by atoms with E-state index in [4.69, 9.17) is 5.11 Å². The highest BCUT2D eigenvalue weighted by Crippen LogP contribution is 2.16. The molecule has 0 aliphatic heterocycles. The average Bonchev–Trinajstić information content (AvgIpc) is 2.35. The Kier molecular flexibility index (Phi) is 0.606. The summed E-state index contributed by atoms with van der Waals surface area (Å²) >= 11 is 0. The highest BCUT2D eigenvalue weighted by Gasteiger charge is 2.02. The van der Waals surface area contributed by atoms with Crippen molar-refractivity contribution in [1.29, 1.82) is 0 Å². The van der Waals surface area contributed by atoms with Crippen molar-refractivity contribution in [1.82, 2.24) is 20.4 Å². The number of rotatable bonds is 0. The lowest BCUT2D eigenvalue weighted by molar-refractivity contribution is 0.461. The van der Waals surface area contributed by atoms with Crippen molar-refractivity contribution in [2.75, 3.05) is 0 Å². The Balaban J connectivity index is 2.99. The number of fused-ring (bicyclic) bond motifs is 1. The summed E-state index contributed by atoms with van der Waals surface area (Å²) in [4.78, 5) is 2.58. The number of aromatic hydroxyl groups is 1. The van der Waals surface area contributed by atoms with Crippen LogP contribution in [-0.2, 0) is 0 Å². The largest absolute Gasteiger partial charge is 0.493 e. The Hall–Kier alpha value is -1.52. The summed E-state index contributed by atoms with van der Waals surface area (Å²) in [6.07, 6.45) is 1.60. The van der Waals surface area contributed by atoms with Crippen LogP contribution < -0.4 is 0 Å². The molecule has 2 rings (SSSR count). The zero-order valence-corrected chi connectivity index (χ0v) is 4.42. The van der Waals surface area contributed by atoms with Crippen LogP contribution in [-0.4, -0.2) is 25.5 Å². The van der Waals surface area contributed by atoms with Gasteiger partial charge in [-0.2, -0.15) is 0 Å². The minimum Gasteiger partial charge on any atom is -0.493 e. The van der Waals surface area contributed by atoms with Gasteiger partial charge < -0.3 is 10.1 Å². The van der Waals surface area contributed by atoms with Gasteiger partial charge in [0.1, 0.15) is 5.52 Å². The van der Waals surface area contributed by atoms with Gasteiger partial charge in [-0.3, -0.25) is 5.10 Å². The third-order valence-electron chi connectivity index (χ3n) is 1.15. The number of aromatic amines is 2. The first-order chi connectivity index (χ1) is 4.38. The van der Waals surface area contributed by atoms with Gasteiger partial charge >= 0.3 is 0 Å². The molecular formula is C4H4N4O. The van der Waals surface area contributed by atoms with Crippen molar-refractivity contribution in [2.24, 2.45) is 0 Å². The molecule has 0 aliphatic carbocycles. The van der Waals surface area contributed by atoms with Gasteiger partial charge in [0.15, 0.2) is 5.52 Å². The van der Waals surface area contributed by atoms with E-state index >= 15 is 0 Å². The smallest absolute Gasteiger partial charge is 0.219 e. The van der Waals surface area contributed by atoms with Gasteiger partial charge in [0.25, 0.3) is 0 Å². The van der Waals surface area contributed by atoms with Crippen LogP contribution in [0.2, 0.25) is 0 Å². The van der Waals surface area contributed by atoms with Crippen LogP contribution in [0.4, 0.5) is 0 Å². The van der Waals surface area contributed by atoms with Gasteiger partial charge in [-0.05, 0) is 0 Å². The van der Waals surface area contributed by atoms with E-state index in [0.29, 0.717) is 11.0 Å². The Bertz CT molecular complexity index is 322. The summed E-state index contributed by atoms with van der Waals surface area (Å²) in [5.74, 6) is 0.0544. The predicted molar refractivity (Wildman–Crippen MR) is 29.9 cm³/mol. The fourth-order valence-corrected chi connectivity index (χ4v) is 0.720. The van der Waals surface area contributed by atoms with E-state index in [1.54, 1.807) is 6.20 Å². The summed E-state index contributed by atoms with van der Waals surface area (Å²) in [5, 5.41) is 18.6. The first-order valence-corrected chi connectivity index (χ1v) is 2.45. The normalized spacial score (nSPS) is 10.7. The van der Waals surface area contributed by atoms with Crippen LogP contribution in [0.1, 0.15) is 0 Å². The summed E-state index contributed by atoms with van der Waals surface area (Å²) in [6, 6.07) is 0. The Morgan fingerprint density at radius 2 is 2.44 bits per heavy atom. The van der Waals surface area contributed by atoms with Gasteiger partial charge in [-0.1, -0.05) is 5.21 Å². The SMILES string of the molecule is Oc1[nH]cc2[nH]nnc12. The van der Waals surface area contributed by atoms with Crippen molar-refractivity contribution >= 4 is 11.0 Å². The summed E-state index contributed by atoms with van der Waals surface area (Å²) in [6.45, 7) is 0. The highest BCUT2D eigenvalue weighted by atomic mass is 16.3. The van der Waals surface area contributed by atoms with Crippen molar-refractivity contribution in [3.63, 3.8) is 0 Å². The van der Waals surface area contributed by atoms with Gasteiger partial charge in [0.05, 0.1) is 0 Å². The lowest BCUT2D eigenvalue weighted by Crippen LogP contribution is -1.68. The number of nitrogens with one attached hydrogen (secondary N) is 2. The molecule has 2 aromatic heterocycles. The quantitative estimate of drug-likeness (QED) is 0.462. The van der Waals surface area contributed by atoms with Crippen LogP contribution in [0.25, 0.3) is 11.0 Å². The summed E-state index contributed by atoms with van der Waals surface area (Å²) < 4.78 is 0. The maximum atomic E-state index is 8.92. The molecule has 0 fully saturated rings. The van der Waals surface area contributed by atoms with Crippen molar-refractivity contribution in [3.05, 3.63) is 6.20 Å². The van der Waals surface area contributed by atoms with Gasteiger partial charge in [0.2, 0.25) is 5.88 Å². The van der Waals surface area contributed by atoms with Gasteiger partial charge in [-0.25, -0.2) is 0 Å². The zero-order chi connectivity index (χ0) is 6.27. The van der Waals surface area contributed by atoms with E-state index in [2.05, 4.69) is 20.4 Å². The van der Waals surface area contributed by atoms with E-state index in [0.717, 1.165) is 0 Å². The molecule has 5 heteroatoms. The Morgan fingerprint density at radius 3 is 3.22 bits per heavy atom. The molecule has 46 valence electrons. The molecule has 5 nitrogen and oxygen atoms in total. The monoisotopic (exact) mass is 124 g/mol. The van der Waals surface area contributed by atoms with Crippen LogP contribution in [0, 0.1) is 0 Å². The van der Waals surface area contributed by atoms with E-state index in [9.17, 15) is 0 Å². The van der Waals surface area contributed by atoms with Crippen molar-refractivity contribution in [3.8, 4) is 5.88 Å². The van der Waals surface area contributed by atoms with E-state index in [-0.39, 0.29) is 5.88 Å². The van der Waals surface area contributed by atoms with Crippen LogP contribution in [0.5, 0.6) is 5.88 Å². The molecule has 0 radical (unpaired) electrons. The lowest BCUT2D eigenvalue weighted by Gasteiger charge is -1.75. The molecule has 2 heterocycles. The number of H-pyrrole nitrogens is 2. The van der Waals surface area contributed by atoms with Gasteiger partial charge in [-0.15, -0.1) is 5.10 Å². The molecule has 0 amide bonds. The third-order valence-corrected chi connectivity index (χ3v) is 1.15. The van der Waals surface area contributed by atoms with E-state index in [1.807, 2.05) is 0 Å². The molecule has 3 N–H and O–H groups in total. The minimum absolute atomic E-state index is 0.0544. The van der Waals surface area contributed by atoms with Gasteiger partial charge in [0, 0.05) is 6.20 Å². The predicted octanol–water partition coefficient (Wildman–Crippen LogP) is -0.00840. The molecule has 0 atom stereocenters. The fourth-order valence-electron chi connectivity index (χ4n) is 0.720. The lowest BCUT2D eigenvalue weighted by atomic mass is 10.5. The molecule has 0 spiro atoms. The number of aromatic nitrogens is 4. The Labute approximate surface area is 49.7 Å². The fraction of sp³-hybridized carbons (Fsp3) is 0. The molecule has 0 saturated heterocycles. The number of nitrogens with zero attached hydrogens (tertiary/aromatic N) is 2. The second kappa shape index (κ2) is 1.25. The zero-order valence-electron chi connectivity index (χ0n) is 4.42. The Morgan fingerprint density at radius 1 is 1.56 bits per heavy atom. The molecule has 0 unspecified atom stereocenters. The van der Waals surface area contributed by atoms with Crippen LogP contribution in [0.3, 0.4) is 0 Å². The molecular weight excluding hydrogens is 120 g/mol. The van der Waals surface area contributed by atoms with Crippen molar-refractivity contribution in [2.45, 2.75) is 0 Å². The van der Waals surface area contributed by atoms with E-state index in [1.165, 1.54) is 0 Å². The van der Waals surface area contributed by atoms with Crippen LogP contribution >= 0.6 is 0 Å². The first kappa shape index (κ1) is 4.37. The highest BCUT2D eigenvalue weighted by molar-refractivity contribution is 5.78. The summed E-state index contributed by atoms with van der Waals surface area (Å²) in [7, 11) is 0. The molecule has 0 bridgehead atoms. The average molecular weight is 124 g/mol. The topological polar surface area (TPSA) is 77.6 Å². The first-order valence-electron chi connectivity index (χ1n) is 2.45. The maximum Gasteiger partial charge on any atom is 0.219 e. The summed E-state index contributed by atoms with van der Waals surface area (Å²) in [5.41, 5.74) is 1.20. The number of hydrogen-bond donors (Lipinski definition) is 3. The molecule has 2 aromatic rings. The minimum atomic E-state index is 0.0544. The van der Waals surface area contributed by atoms with Crippen LogP contribution in [0.15, 0.2) is 6.20 Å². The number of hydrogen-bond acceptors (Lipinski definition) is 3. The van der Waals surface area contributed by atoms with E-state index < -0.39 is 0 Å². The molecule has 9 heavy (non-hydrogen) atoms. The standard InChI is InChI=1S/C4H4N4O/c9-4-3-2(1-5-4)6-8-7-3/h1,5,9H,(H,6,7). The van der Waals surface area contributed by atoms with Crippen molar-refractivity contribution < 1.29 is 5.11 Å². The molecule has 0 saturated carbocycles. The second-order valence-electron chi connectivity index (χ2n) is 1.71.